The molecule has 0 unspecified atom stereocenters. The first-order valence-electron chi connectivity index (χ1n) is 25.8. The first-order chi connectivity index (χ1) is 34.4. The van der Waals surface area contributed by atoms with Gasteiger partial charge in [0, 0.05) is 33.6 Å². The standard InChI is InChI=1S/C67H55BN2O/c1-64(2,3)42-32-33-55(47(37-42)40-20-9-8-10-21-40)69-57-36-41-22-11-12-23-43(41)59-46-26-19-30-52-61(46)70(56-31-18-17-29-51(56)67(52)49-27-15-13-24-44(49)45-25-14-16-28-50(45)67)68(60(57)59)63-62(69)48-38-53-54(39-58(48)71-63)66(6,7)35-34-65(53,4)5/h8-33,36-39H,34-35H2,1-7H3. The second kappa shape index (κ2) is 13.9. The number of benzene rings is 9. The largest absolute Gasteiger partial charge is 0.466 e. The Hall–Kier alpha value is -7.56. The summed E-state index contributed by atoms with van der Waals surface area (Å²) >= 11 is 0. The summed E-state index contributed by atoms with van der Waals surface area (Å²) in [5.41, 5.74) is 25.6. The van der Waals surface area contributed by atoms with Crippen LogP contribution in [0.25, 0.3) is 55.1 Å². The highest BCUT2D eigenvalue weighted by atomic mass is 16.3. The van der Waals surface area contributed by atoms with Gasteiger partial charge in [-0.25, -0.2) is 0 Å². The lowest BCUT2D eigenvalue weighted by Crippen LogP contribution is -2.62. The minimum Gasteiger partial charge on any atom is -0.466 e. The van der Waals surface area contributed by atoms with Gasteiger partial charge in [-0.1, -0.05) is 194 Å². The number of hydrogen-bond acceptors (Lipinski definition) is 3. The van der Waals surface area contributed by atoms with Gasteiger partial charge < -0.3 is 14.1 Å². The fourth-order valence-corrected chi connectivity index (χ4v) is 14.1. The zero-order chi connectivity index (χ0) is 47.9. The van der Waals surface area contributed by atoms with Crippen LogP contribution in [0.4, 0.5) is 28.4 Å². The van der Waals surface area contributed by atoms with Crippen molar-refractivity contribution in [2.24, 2.45) is 0 Å². The molecule has 0 saturated carbocycles. The molecule has 0 fully saturated rings. The molecule has 0 atom stereocenters. The van der Waals surface area contributed by atoms with Gasteiger partial charge >= 0.3 is 6.85 Å². The van der Waals surface area contributed by atoms with Crippen molar-refractivity contribution in [3.05, 3.63) is 221 Å². The first-order valence-corrected chi connectivity index (χ1v) is 25.8. The fraction of sp³-hybridized carbons (Fsp3) is 0.194. The molecule has 4 heteroatoms. The molecule has 0 amide bonds. The number of nitrogens with zero attached hydrogens (tertiary/aromatic N) is 2. The molecule has 10 aromatic rings. The number of hydrogen-bond donors (Lipinski definition) is 0. The molecule has 2 aliphatic carbocycles. The Kier molecular flexibility index (Phi) is 8.05. The van der Waals surface area contributed by atoms with Crippen LogP contribution in [-0.4, -0.2) is 6.85 Å². The Balaban J connectivity index is 1.13. The molecule has 0 radical (unpaired) electrons. The molecule has 4 heterocycles. The van der Waals surface area contributed by atoms with Crippen molar-refractivity contribution in [2.45, 2.75) is 83.0 Å². The van der Waals surface area contributed by atoms with Crippen LogP contribution < -0.4 is 20.8 Å². The highest BCUT2D eigenvalue weighted by Crippen LogP contribution is 2.65. The maximum absolute atomic E-state index is 7.83. The van der Waals surface area contributed by atoms with Crippen LogP contribution >= 0.6 is 0 Å². The van der Waals surface area contributed by atoms with E-state index < -0.39 is 5.41 Å². The third-order valence-corrected chi connectivity index (χ3v) is 17.6. The van der Waals surface area contributed by atoms with Gasteiger partial charge in [-0.3, -0.25) is 0 Å². The minimum atomic E-state index is -0.538. The van der Waals surface area contributed by atoms with E-state index in [2.05, 4.69) is 240 Å². The summed E-state index contributed by atoms with van der Waals surface area (Å²) < 4.78 is 7.83. The molecule has 71 heavy (non-hydrogen) atoms. The van der Waals surface area contributed by atoms with E-state index in [4.69, 9.17) is 4.42 Å². The molecule has 1 spiro atoms. The molecular weight excluding hydrogens is 860 g/mol. The van der Waals surface area contributed by atoms with Crippen LogP contribution in [0.2, 0.25) is 0 Å². The molecular formula is C67H55BN2O. The normalized spacial score (nSPS) is 16.8. The SMILES string of the molecule is CC(C)(C)c1ccc(N2c3cc4ccccc4c4c3B(c3oc5cc6c(cc5c32)C(C)(C)CCC6(C)C)N2c3ccccc3C3(c5ccccc5-c5ccccc53)c3cccc-4c32)c(-c2ccccc2)c1. The van der Waals surface area contributed by atoms with E-state index in [0.717, 1.165) is 35.5 Å². The number of rotatable bonds is 2. The van der Waals surface area contributed by atoms with E-state index >= 15 is 0 Å². The average Bonchev–Trinajstić information content (AvgIpc) is 3.91. The number of para-hydroxylation sites is 2. The quantitative estimate of drug-likeness (QED) is 0.161. The van der Waals surface area contributed by atoms with Crippen molar-refractivity contribution in [3.8, 4) is 33.4 Å². The summed E-state index contributed by atoms with van der Waals surface area (Å²) in [6.07, 6.45) is 2.27. The van der Waals surface area contributed by atoms with E-state index in [1.807, 2.05) is 0 Å². The molecule has 3 aliphatic heterocycles. The van der Waals surface area contributed by atoms with Gasteiger partial charge in [0.15, 0.2) is 0 Å². The molecule has 0 saturated heterocycles. The maximum Gasteiger partial charge on any atom is 0.375 e. The molecule has 5 aliphatic rings. The second-order valence-corrected chi connectivity index (χ2v) is 23.4. The monoisotopic (exact) mass is 914 g/mol. The fourth-order valence-electron chi connectivity index (χ4n) is 14.1. The Labute approximate surface area is 417 Å². The predicted octanol–water partition coefficient (Wildman–Crippen LogP) is 16.3. The van der Waals surface area contributed by atoms with Crippen LogP contribution in [0.15, 0.2) is 186 Å². The maximum atomic E-state index is 7.83. The molecule has 342 valence electrons. The number of anilines is 5. The van der Waals surface area contributed by atoms with Gasteiger partial charge in [0.1, 0.15) is 11.2 Å². The summed E-state index contributed by atoms with van der Waals surface area (Å²) in [6.45, 7) is 16.4. The third-order valence-electron chi connectivity index (χ3n) is 17.6. The second-order valence-electron chi connectivity index (χ2n) is 23.4. The summed E-state index contributed by atoms with van der Waals surface area (Å²) in [4.78, 5) is 5.34. The van der Waals surface area contributed by atoms with E-state index in [1.165, 1.54) is 111 Å². The summed E-state index contributed by atoms with van der Waals surface area (Å²) in [6, 6.07) is 69.7. The molecule has 0 bridgehead atoms. The Bertz CT molecular complexity index is 3910. The van der Waals surface area contributed by atoms with Crippen LogP contribution in [0.1, 0.15) is 100 Å². The van der Waals surface area contributed by atoms with Gasteiger partial charge in [-0.05, 0) is 143 Å². The van der Waals surface area contributed by atoms with Crippen LogP contribution in [0, 0.1) is 0 Å². The zero-order valence-electron chi connectivity index (χ0n) is 41.6. The van der Waals surface area contributed by atoms with Crippen molar-refractivity contribution >= 4 is 68.1 Å². The van der Waals surface area contributed by atoms with Crippen LogP contribution in [0.5, 0.6) is 0 Å². The topological polar surface area (TPSA) is 19.6 Å². The highest BCUT2D eigenvalue weighted by Gasteiger charge is 2.58. The molecule has 9 aromatic carbocycles. The number of fused-ring (bicyclic) bond motifs is 18. The van der Waals surface area contributed by atoms with E-state index in [0.29, 0.717) is 0 Å². The molecule has 1 aromatic heterocycles. The Morgan fingerprint density at radius 1 is 0.479 bits per heavy atom. The van der Waals surface area contributed by atoms with Crippen LogP contribution in [-0.2, 0) is 21.7 Å². The smallest absolute Gasteiger partial charge is 0.375 e. The summed E-state index contributed by atoms with van der Waals surface area (Å²) in [7, 11) is 0. The molecule has 15 rings (SSSR count). The van der Waals surface area contributed by atoms with E-state index in [1.54, 1.807) is 0 Å². The van der Waals surface area contributed by atoms with Gasteiger partial charge in [-0.2, -0.15) is 0 Å². The Morgan fingerprint density at radius 3 is 1.83 bits per heavy atom. The van der Waals surface area contributed by atoms with E-state index in [-0.39, 0.29) is 23.1 Å². The number of furan rings is 1. The van der Waals surface area contributed by atoms with Gasteiger partial charge in [-0.15, -0.1) is 0 Å². The van der Waals surface area contributed by atoms with Gasteiger partial charge in [0.2, 0.25) is 0 Å². The van der Waals surface area contributed by atoms with Crippen molar-refractivity contribution in [3.63, 3.8) is 0 Å². The van der Waals surface area contributed by atoms with Crippen LogP contribution in [0.3, 0.4) is 0 Å². The minimum absolute atomic E-state index is 0.000200. The van der Waals surface area contributed by atoms with Gasteiger partial charge in [0.05, 0.1) is 16.8 Å². The average molecular weight is 915 g/mol. The summed E-state index contributed by atoms with van der Waals surface area (Å²) in [5, 5.41) is 3.65. The highest BCUT2D eigenvalue weighted by molar-refractivity contribution is 6.93. The van der Waals surface area contributed by atoms with Crippen molar-refractivity contribution in [2.75, 3.05) is 9.71 Å². The Morgan fingerprint density at radius 2 is 1.10 bits per heavy atom. The first kappa shape index (κ1) is 41.2. The predicted molar refractivity (Wildman–Crippen MR) is 298 cm³/mol. The van der Waals surface area contributed by atoms with Crippen molar-refractivity contribution in [1.82, 2.24) is 0 Å². The van der Waals surface area contributed by atoms with Crippen molar-refractivity contribution in [1.29, 1.82) is 0 Å². The summed E-state index contributed by atoms with van der Waals surface area (Å²) in [5.74, 6) is 0. The van der Waals surface area contributed by atoms with Gasteiger partial charge in [0.25, 0.3) is 0 Å². The molecule has 3 nitrogen and oxygen atoms in total. The lowest BCUT2D eigenvalue weighted by Gasteiger charge is -2.51. The van der Waals surface area contributed by atoms with E-state index in [9.17, 15) is 0 Å². The third kappa shape index (κ3) is 5.25. The lowest BCUT2D eigenvalue weighted by atomic mass is 9.44. The molecule has 0 N–H and O–H groups in total. The lowest BCUT2D eigenvalue weighted by molar-refractivity contribution is 0.332. The zero-order valence-corrected chi connectivity index (χ0v) is 41.6. The van der Waals surface area contributed by atoms with Crippen molar-refractivity contribution < 1.29 is 4.42 Å².